The number of pyridine rings is 2. The van der Waals surface area contributed by atoms with Crippen LogP contribution in [0.3, 0.4) is 0 Å². The molecule has 2 fully saturated rings. The Hall–Kier alpha value is -2.93. The molecule has 0 amide bonds. The average molecular weight is 405 g/mol. The van der Waals surface area contributed by atoms with Crippen LogP contribution in [0.2, 0.25) is 0 Å². The Kier molecular flexibility index (Phi) is 4.90. The molecule has 7 nitrogen and oxygen atoms in total. The minimum atomic E-state index is 0.541. The van der Waals surface area contributed by atoms with Gasteiger partial charge in [0.05, 0.1) is 12.8 Å². The molecular formula is C23H28N6O. The van der Waals surface area contributed by atoms with Gasteiger partial charge in [0.2, 0.25) is 5.88 Å². The minimum Gasteiger partial charge on any atom is -0.479 e. The van der Waals surface area contributed by atoms with Crippen LogP contribution in [-0.4, -0.2) is 64.0 Å². The van der Waals surface area contributed by atoms with Crippen LogP contribution in [-0.2, 0) is 0 Å². The molecule has 0 N–H and O–H groups in total. The third kappa shape index (κ3) is 3.33. The van der Waals surface area contributed by atoms with Crippen molar-refractivity contribution in [2.45, 2.75) is 43.8 Å². The van der Waals surface area contributed by atoms with Crippen LogP contribution in [0.4, 0.5) is 5.82 Å². The monoisotopic (exact) mass is 404 g/mol. The predicted molar refractivity (Wildman–Crippen MR) is 117 cm³/mol. The molecule has 0 saturated carbocycles. The Bertz CT molecular complexity index is 989. The highest BCUT2D eigenvalue weighted by Crippen LogP contribution is 2.37. The molecule has 3 aromatic heterocycles. The number of aromatic nitrogens is 4. The number of nitrogens with zero attached hydrogens (tertiary/aromatic N) is 6. The smallest absolute Gasteiger partial charge is 0.240 e. The first-order valence-electron chi connectivity index (χ1n) is 10.6. The van der Waals surface area contributed by atoms with Crippen molar-refractivity contribution >= 4 is 5.82 Å². The Morgan fingerprint density at radius 2 is 1.90 bits per heavy atom. The summed E-state index contributed by atoms with van der Waals surface area (Å²) in [4.78, 5) is 14.4. The molecule has 30 heavy (non-hydrogen) atoms. The molecule has 0 spiro atoms. The van der Waals surface area contributed by atoms with Gasteiger partial charge in [0.25, 0.3) is 0 Å². The SMILES string of the molecule is COc1nc(-c2ccc(N(C)C3C[C@H]4CC[C@@H](C3)N4C)nc2)ccc1-n1cccn1. The number of hydrogen-bond acceptors (Lipinski definition) is 6. The minimum absolute atomic E-state index is 0.541. The first-order chi connectivity index (χ1) is 14.6. The number of rotatable bonds is 5. The van der Waals surface area contributed by atoms with E-state index in [1.807, 2.05) is 30.6 Å². The summed E-state index contributed by atoms with van der Waals surface area (Å²) in [6.07, 6.45) is 10.6. The van der Waals surface area contributed by atoms with E-state index < -0.39 is 0 Å². The highest BCUT2D eigenvalue weighted by atomic mass is 16.5. The van der Waals surface area contributed by atoms with E-state index in [0.717, 1.165) is 34.8 Å². The van der Waals surface area contributed by atoms with Gasteiger partial charge in [0, 0.05) is 49.3 Å². The summed E-state index contributed by atoms with van der Waals surface area (Å²) in [6, 6.07) is 12.0. The number of ether oxygens (including phenoxy) is 1. The number of methoxy groups -OCH3 is 1. The third-order valence-electron chi connectivity index (χ3n) is 6.81. The van der Waals surface area contributed by atoms with Gasteiger partial charge in [-0.05, 0) is 63.1 Å². The molecule has 0 aromatic carbocycles. The normalized spacial score (nSPS) is 23.5. The van der Waals surface area contributed by atoms with Gasteiger partial charge in [-0.1, -0.05) is 0 Å². The molecule has 0 aliphatic carbocycles. The topological polar surface area (TPSA) is 59.3 Å². The van der Waals surface area contributed by atoms with E-state index in [-0.39, 0.29) is 0 Å². The maximum absolute atomic E-state index is 5.50. The molecule has 156 valence electrons. The fourth-order valence-electron chi connectivity index (χ4n) is 4.96. The lowest BCUT2D eigenvalue weighted by Crippen LogP contribution is -2.48. The molecule has 5 rings (SSSR count). The van der Waals surface area contributed by atoms with Crippen molar-refractivity contribution in [3.63, 3.8) is 0 Å². The molecule has 2 aliphatic rings. The van der Waals surface area contributed by atoms with E-state index in [0.29, 0.717) is 11.9 Å². The standard InChI is InChI=1S/C23H28N6O/c1-27-17-6-7-18(27)14-19(13-17)28(2)22-10-5-16(15-24-22)20-8-9-21(23(26-20)30-3)29-12-4-11-25-29/h4-5,8-12,15,17-19H,6-7,13-14H2,1-3H3/t17-,18+,19?. The van der Waals surface area contributed by atoms with Crippen molar-refractivity contribution in [3.05, 3.63) is 48.9 Å². The van der Waals surface area contributed by atoms with E-state index in [4.69, 9.17) is 9.72 Å². The highest BCUT2D eigenvalue weighted by Gasteiger charge is 2.39. The van der Waals surface area contributed by atoms with Crippen molar-refractivity contribution in [3.8, 4) is 22.8 Å². The van der Waals surface area contributed by atoms with Crippen molar-refractivity contribution < 1.29 is 4.74 Å². The Balaban J connectivity index is 1.35. The average Bonchev–Trinajstić information content (AvgIpc) is 3.37. The third-order valence-corrected chi connectivity index (χ3v) is 6.81. The fourth-order valence-corrected chi connectivity index (χ4v) is 4.96. The van der Waals surface area contributed by atoms with Crippen molar-refractivity contribution in [2.24, 2.45) is 0 Å². The zero-order valence-corrected chi connectivity index (χ0v) is 17.8. The zero-order valence-electron chi connectivity index (χ0n) is 17.8. The first kappa shape index (κ1) is 19.1. The summed E-state index contributed by atoms with van der Waals surface area (Å²) in [7, 11) is 6.09. The number of fused-ring (bicyclic) bond motifs is 2. The summed E-state index contributed by atoms with van der Waals surface area (Å²) in [6.45, 7) is 0. The van der Waals surface area contributed by atoms with Crippen LogP contribution in [0.5, 0.6) is 5.88 Å². The van der Waals surface area contributed by atoms with Crippen LogP contribution >= 0.6 is 0 Å². The second-order valence-corrected chi connectivity index (χ2v) is 8.37. The van der Waals surface area contributed by atoms with E-state index in [1.54, 1.807) is 18.0 Å². The summed E-state index contributed by atoms with van der Waals surface area (Å²) in [5.74, 6) is 1.56. The summed E-state index contributed by atoms with van der Waals surface area (Å²) >= 11 is 0. The maximum atomic E-state index is 5.50. The quantitative estimate of drug-likeness (QED) is 0.650. The molecule has 2 saturated heterocycles. The molecule has 1 unspecified atom stereocenters. The Morgan fingerprint density at radius 1 is 1.10 bits per heavy atom. The van der Waals surface area contributed by atoms with E-state index in [9.17, 15) is 0 Å². The highest BCUT2D eigenvalue weighted by molar-refractivity contribution is 5.62. The molecular weight excluding hydrogens is 376 g/mol. The second-order valence-electron chi connectivity index (χ2n) is 8.37. The lowest BCUT2D eigenvalue weighted by Gasteiger charge is -2.40. The second kappa shape index (κ2) is 7.72. The van der Waals surface area contributed by atoms with E-state index in [1.165, 1.54) is 25.7 Å². The van der Waals surface area contributed by atoms with Gasteiger partial charge < -0.3 is 14.5 Å². The Morgan fingerprint density at radius 3 is 2.53 bits per heavy atom. The predicted octanol–water partition coefficient (Wildman–Crippen LogP) is 3.40. The molecule has 2 bridgehead atoms. The lowest BCUT2D eigenvalue weighted by molar-refractivity contribution is 0.161. The molecule has 0 radical (unpaired) electrons. The zero-order chi connectivity index (χ0) is 20.7. The van der Waals surface area contributed by atoms with Gasteiger partial charge in [-0.2, -0.15) is 5.10 Å². The summed E-state index contributed by atoms with van der Waals surface area (Å²) < 4.78 is 7.25. The van der Waals surface area contributed by atoms with Crippen molar-refractivity contribution in [2.75, 3.05) is 26.1 Å². The van der Waals surface area contributed by atoms with Crippen molar-refractivity contribution in [1.82, 2.24) is 24.6 Å². The molecule has 7 heteroatoms. The van der Waals surface area contributed by atoms with Crippen LogP contribution < -0.4 is 9.64 Å². The maximum Gasteiger partial charge on any atom is 0.240 e. The van der Waals surface area contributed by atoms with Gasteiger partial charge in [0.1, 0.15) is 11.5 Å². The van der Waals surface area contributed by atoms with Crippen LogP contribution in [0.25, 0.3) is 16.9 Å². The number of piperidine rings is 1. The number of anilines is 1. The van der Waals surface area contributed by atoms with Gasteiger partial charge in [-0.15, -0.1) is 0 Å². The van der Waals surface area contributed by atoms with Crippen LogP contribution in [0.15, 0.2) is 48.9 Å². The van der Waals surface area contributed by atoms with E-state index >= 15 is 0 Å². The van der Waals surface area contributed by atoms with Gasteiger partial charge in [-0.25, -0.2) is 14.6 Å². The first-order valence-corrected chi connectivity index (χ1v) is 10.6. The van der Waals surface area contributed by atoms with Gasteiger partial charge in [-0.3, -0.25) is 0 Å². The largest absolute Gasteiger partial charge is 0.479 e. The molecule has 3 atom stereocenters. The molecule has 2 aliphatic heterocycles. The Labute approximate surface area is 177 Å². The molecule has 3 aromatic rings. The van der Waals surface area contributed by atoms with Crippen LogP contribution in [0, 0.1) is 0 Å². The van der Waals surface area contributed by atoms with Gasteiger partial charge >= 0.3 is 0 Å². The summed E-state index contributed by atoms with van der Waals surface area (Å²) in [5.41, 5.74) is 2.62. The van der Waals surface area contributed by atoms with Crippen molar-refractivity contribution in [1.29, 1.82) is 0 Å². The summed E-state index contributed by atoms with van der Waals surface area (Å²) in [5, 5.41) is 4.27. The fraction of sp³-hybridized carbons (Fsp3) is 0.435. The molecule has 5 heterocycles. The van der Waals surface area contributed by atoms with E-state index in [2.05, 4.69) is 46.1 Å². The lowest BCUT2D eigenvalue weighted by atomic mass is 9.97. The van der Waals surface area contributed by atoms with Crippen LogP contribution in [0.1, 0.15) is 25.7 Å². The van der Waals surface area contributed by atoms with Gasteiger partial charge in [0.15, 0.2) is 0 Å². The number of hydrogen-bond donors (Lipinski definition) is 0.